The van der Waals surface area contributed by atoms with Gasteiger partial charge < -0.3 is 5.11 Å². The van der Waals surface area contributed by atoms with Crippen LogP contribution in [0.3, 0.4) is 0 Å². The van der Waals surface area contributed by atoms with Gasteiger partial charge in [-0.15, -0.1) is 0 Å². The van der Waals surface area contributed by atoms with E-state index in [1.165, 1.54) is 5.56 Å². The summed E-state index contributed by atoms with van der Waals surface area (Å²) in [6, 6.07) is 74.4. The zero-order chi connectivity index (χ0) is 52.9. The minimum Gasteiger partial charge on any atom is -0.507 e. The Hall–Kier alpha value is -8.60. The summed E-state index contributed by atoms with van der Waals surface area (Å²) in [5, 5.41) is 12.8. The fraction of sp³-hybridized carbons (Fsp3) is 0.130. The molecule has 2 aromatic heterocycles. The van der Waals surface area contributed by atoms with Crippen LogP contribution in [0, 0.1) is 6.85 Å². The van der Waals surface area contributed by atoms with Gasteiger partial charge in [0.15, 0.2) is 0 Å². The van der Waals surface area contributed by atoms with E-state index in [2.05, 4.69) is 180 Å². The lowest BCUT2D eigenvalue weighted by atomic mass is 9.79. The SMILES string of the molecule is [2H]C([2H])([2H])c1cc(-c2ccccc2)c(-n2c(-c3cc(C(C)(C)C)cc(C(C)(C)C)c3O)nc3c(-c4cc(-c5ccccc5)cc(-c5cc(-c6ccc(-c7ccccc7)cc6)ccn5)c4)cccc32)cc1-c1ccccc1. The lowest BCUT2D eigenvalue weighted by Gasteiger charge is -2.28. The Bertz CT molecular complexity index is 3910. The molecule has 0 atom stereocenters. The van der Waals surface area contributed by atoms with Crippen molar-refractivity contribution < 1.29 is 9.22 Å². The van der Waals surface area contributed by atoms with Crippen molar-refractivity contribution in [2.24, 2.45) is 0 Å². The van der Waals surface area contributed by atoms with E-state index < -0.39 is 12.3 Å². The third kappa shape index (κ3) is 9.18. The third-order valence-corrected chi connectivity index (χ3v) is 14.0. The second-order valence-electron chi connectivity index (χ2n) is 21.0. The topological polar surface area (TPSA) is 50.9 Å². The summed E-state index contributed by atoms with van der Waals surface area (Å²) in [5.41, 5.74) is 17.3. The number of imidazole rings is 1. The highest BCUT2D eigenvalue weighted by atomic mass is 16.3. The molecule has 0 amide bonds. The van der Waals surface area contributed by atoms with Gasteiger partial charge >= 0.3 is 0 Å². The largest absolute Gasteiger partial charge is 0.507 e. The smallest absolute Gasteiger partial charge is 0.149 e. The monoisotopic (exact) mass is 948 g/mol. The lowest BCUT2D eigenvalue weighted by molar-refractivity contribution is 0.446. The van der Waals surface area contributed by atoms with E-state index in [1.54, 1.807) is 0 Å². The molecule has 0 fully saturated rings. The maximum Gasteiger partial charge on any atom is 0.149 e. The standard InChI is InChI=1S/C69H59N3O/c1-45-37-59(51-27-18-11-19-28-51)64(44-58(45)50-25-16-10-17-26-50)72-63-30-20-29-57(65(63)71-67(72)60-42-56(68(2,3)4)43-61(66(60)73)69(5,6)7)54-38-53(47-23-14-9-15-24-47)39-55(40-54)62-41-52(35-36-70-62)49-33-31-48(32-34-49)46-21-12-8-13-22-46/h8-44,73H,1-7H3/i1D3. The lowest BCUT2D eigenvalue weighted by Crippen LogP contribution is -2.17. The summed E-state index contributed by atoms with van der Waals surface area (Å²) in [6.07, 6.45) is 1.88. The Morgan fingerprint density at radius 1 is 0.425 bits per heavy atom. The van der Waals surface area contributed by atoms with Crippen LogP contribution in [0.1, 0.15) is 62.3 Å². The van der Waals surface area contributed by atoms with Crippen LogP contribution >= 0.6 is 0 Å². The molecule has 0 aliphatic rings. The number of phenolic OH excluding ortho intramolecular Hbond substituents is 1. The maximum absolute atomic E-state index is 12.8. The van der Waals surface area contributed by atoms with E-state index in [4.69, 9.17) is 14.1 Å². The summed E-state index contributed by atoms with van der Waals surface area (Å²) in [6.45, 7) is 10.5. The summed E-state index contributed by atoms with van der Waals surface area (Å²) >= 11 is 0. The molecule has 1 N–H and O–H groups in total. The van der Waals surface area contributed by atoms with E-state index in [0.717, 1.165) is 83.7 Å². The van der Waals surface area contributed by atoms with Crippen molar-refractivity contribution in [1.82, 2.24) is 14.5 Å². The zero-order valence-electron chi connectivity index (χ0n) is 45.2. The first kappa shape index (κ1) is 43.2. The summed E-state index contributed by atoms with van der Waals surface area (Å²) in [4.78, 5) is 10.7. The molecule has 11 rings (SSSR count). The van der Waals surface area contributed by atoms with Crippen molar-refractivity contribution in [1.29, 1.82) is 0 Å². The van der Waals surface area contributed by atoms with Crippen LogP contribution < -0.4 is 0 Å². The number of benzene rings is 9. The number of pyridine rings is 1. The predicted molar refractivity (Wildman–Crippen MR) is 306 cm³/mol. The van der Waals surface area contributed by atoms with Crippen molar-refractivity contribution in [2.45, 2.75) is 59.2 Å². The normalized spacial score (nSPS) is 12.6. The van der Waals surface area contributed by atoms with Crippen LogP contribution in [0.5, 0.6) is 5.75 Å². The van der Waals surface area contributed by atoms with Gasteiger partial charge in [-0.2, -0.15) is 0 Å². The minimum atomic E-state index is -2.44. The van der Waals surface area contributed by atoms with Gasteiger partial charge in [0.2, 0.25) is 0 Å². The number of aryl methyl sites for hydroxylation is 1. The quantitative estimate of drug-likeness (QED) is 0.157. The van der Waals surface area contributed by atoms with Crippen molar-refractivity contribution in [3.8, 4) is 101 Å². The number of aromatic hydroxyl groups is 1. The molecule has 73 heavy (non-hydrogen) atoms. The Morgan fingerprint density at radius 2 is 0.973 bits per heavy atom. The molecule has 0 radical (unpaired) electrons. The number of hydrogen-bond acceptors (Lipinski definition) is 3. The molecule has 4 nitrogen and oxygen atoms in total. The van der Waals surface area contributed by atoms with Crippen molar-refractivity contribution in [3.05, 3.63) is 241 Å². The molecule has 9 aromatic carbocycles. The van der Waals surface area contributed by atoms with E-state index in [9.17, 15) is 5.11 Å². The second-order valence-corrected chi connectivity index (χ2v) is 21.0. The van der Waals surface area contributed by atoms with Crippen LogP contribution in [-0.4, -0.2) is 19.6 Å². The molecule has 356 valence electrons. The fourth-order valence-corrected chi connectivity index (χ4v) is 10.0. The summed E-state index contributed by atoms with van der Waals surface area (Å²) in [5.74, 6) is 0.678. The zero-order valence-corrected chi connectivity index (χ0v) is 42.2. The number of para-hydroxylation sites is 1. The molecule has 2 heterocycles. The van der Waals surface area contributed by atoms with Crippen LogP contribution in [0.4, 0.5) is 0 Å². The minimum absolute atomic E-state index is 0.149. The molecular formula is C69H59N3O. The summed E-state index contributed by atoms with van der Waals surface area (Å²) < 4.78 is 28.9. The number of fused-ring (bicyclic) bond motifs is 1. The maximum atomic E-state index is 12.8. The third-order valence-electron chi connectivity index (χ3n) is 14.0. The Balaban J connectivity index is 1.20. The number of aromatic nitrogens is 3. The molecule has 0 spiro atoms. The fourth-order valence-electron chi connectivity index (χ4n) is 10.0. The Kier molecular flexibility index (Phi) is 11.2. The second kappa shape index (κ2) is 18.9. The van der Waals surface area contributed by atoms with Crippen LogP contribution in [-0.2, 0) is 10.8 Å². The average Bonchev–Trinajstić information content (AvgIpc) is 3.94. The number of nitrogens with zero attached hydrogens (tertiary/aromatic N) is 3. The molecule has 0 aliphatic heterocycles. The molecule has 0 unspecified atom stereocenters. The van der Waals surface area contributed by atoms with Gasteiger partial charge in [-0.1, -0.05) is 205 Å². The molecule has 0 aliphatic carbocycles. The van der Waals surface area contributed by atoms with Gasteiger partial charge in [0, 0.05) is 32.6 Å². The number of hydrogen-bond donors (Lipinski definition) is 1. The first-order valence-corrected chi connectivity index (χ1v) is 25.0. The molecule has 0 saturated heterocycles. The first-order chi connectivity index (χ1) is 36.5. The molecular weight excluding hydrogens is 887 g/mol. The van der Waals surface area contributed by atoms with E-state index in [0.29, 0.717) is 28.0 Å². The first-order valence-electron chi connectivity index (χ1n) is 26.5. The Morgan fingerprint density at radius 3 is 1.58 bits per heavy atom. The number of phenols is 1. The number of rotatable bonds is 9. The van der Waals surface area contributed by atoms with Gasteiger partial charge in [0.1, 0.15) is 11.6 Å². The van der Waals surface area contributed by atoms with Gasteiger partial charge in [-0.05, 0) is 139 Å². The van der Waals surface area contributed by atoms with Crippen LogP contribution in [0.25, 0.3) is 106 Å². The molecule has 11 aromatic rings. The van der Waals surface area contributed by atoms with E-state index >= 15 is 0 Å². The highest BCUT2D eigenvalue weighted by Crippen LogP contribution is 2.47. The van der Waals surface area contributed by atoms with E-state index in [1.807, 2.05) is 91.1 Å². The summed E-state index contributed by atoms with van der Waals surface area (Å²) in [7, 11) is 0. The van der Waals surface area contributed by atoms with Gasteiger partial charge in [-0.25, -0.2) is 4.98 Å². The van der Waals surface area contributed by atoms with E-state index in [-0.39, 0.29) is 16.7 Å². The highest BCUT2D eigenvalue weighted by molar-refractivity contribution is 5.99. The Labute approximate surface area is 434 Å². The van der Waals surface area contributed by atoms with Gasteiger partial charge in [0.25, 0.3) is 0 Å². The van der Waals surface area contributed by atoms with Gasteiger partial charge in [0.05, 0.1) is 28.0 Å². The van der Waals surface area contributed by atoms with Crippen LogP contribution in [0.15, 0.2) is 225 Å². The molecule has 4 heteroatoms. The van der Waals surface area contributed by atoms with Crippen molar-refractivity contribution in [3.63, 3.8) is 0 Å². The van der Waals surface area contributed by atoms with Gasteiger partial charge in [-0.3, -0.25) is 9.55 Å². The van der Waals surface area contributed by atoms with Crippen LogP contribution in [0.2, 0.25) is 0 Å². The van der Waals surface area contributed by atoms with Crippen molar-refractivity contribution in [2.75, 3.05) is 0 Å². The highest BCUT2D eigenvalue weighted by Gasteiger charge is 2.30. The average molecular weight is 949 g/mol. The predicted octanol–water partition coefficient (Wildman–Crippen LogP) is 18.4. The molecule has 0 saturated carbocycles. The molecule has 0 bridgehead atoms. The van der Waals surface area contributed by atoms with Crippen molar-refractivity contribution >= 4 is 11.0 Å².